The fraction of sp³-hybridized carbons (Fsp3) is 0.167. The van der Waals surface area contributed by atoms with Gasteiger partial charge >= 0.3 is 0 Å². The molecule has 0 aliphatic heterocycles. The third kappa shape index (κ3) is 3.54. The van der Waals surface area contributed by atoms with Crippen LogP contribution in [0.5, 0.6) is 0 Å². The van der Waals surface area contributed by atoms with Crippen LogP contribution in [0.25, 0.3) is 0 Å². The molecular formula is C12H13IN4O. The molecule has 0 unspecified atom stereocenters. The van der Waals surface area contributed by atoms with E-state index in [9.17, 15) is 0 Å². The van der Waals surface area contributed by atoms with E-state index in [-0.39, 0.29) is 0 Å². The van der Waals surface area contributed by atoms with Gasteiger partial charge in [-0.1, -0.05) is 0 Å². The summed E-state index contributed by atoms with van der Waals surface area (Å²) in [5, 5.41) is 3.18. The van der Waals surface area contributed by atoms with Crippen LogP contribution < -0.4 is 11.1 Å². The fourth-order valence-corrected chi connectivity index (χ4v) is 1.82. The second-order valence-corrected chi connectivity index (χ2v) is 4.90. The van der Waals surface area contributed by atoms with E-state index in [4.69, 9.17) is 10.5 Å². The number of hydrogen-bond acceptors (Lipinski definition) is 5. The molecule has 0 fully saturated rings. The summed E-state index contributed by atoms with van der Waals surface area (Å²) in [5.41, 5.74) is 6.68. The Morgan fingerprint density at radius 1 is 1.28 bits per heavy atom. The van der Waals surface area contributed by atoms with Crippen LogP contribution in [0.2, 0.25) is 0 Å². The second kappa shape index (κ2) is 5.96. The Morgan fingerprint density at radius 3 is 2.67 bits per heavy atom. The first-order valence-electron chi connectivity index (χ1n) is 5.32. The molecule has 0 aliphatic carbocycles. The Balaban J connectivity index is 2.20. The third-order valence-corrected chi connectivity index (χ3v) is 2.90. The van der Waals surface area contributed by atoms with Crippen LogP contribution in [-0.2, 0) is 11.3 Å². The van der Waals surface area contributed by atoms with Gasteiger partial charge in [0.15, 0.2) is 5.82 Å². The lowest BCUT2D eigenvalue weighted by Gasteiger charge is -2.08. The van der Waals surface area contributed by atoms with Crippen LogP contribution in [0.15, 0.2) is 30.3 Å². The van der Waals surface area contributed by atoms with Crippen molar-refractivity contribution in [3.63, 3.8) is 0 Å². The molecule has 18 heavy (non-hydrogen) atoms. The molecule has 94 valence electrons. The van der Waals surface area contributed by atoms with Crippen LogP contribution in [0.3, 0.4) is 0 Å². The maximum atomic E-state index is 5.72. The monoisotopic (exact) mass is 356 g/mol. The van der Waals surface area contributed by atoms with Gasteiger partial charge in [-0.05, 0) is 46.9 Å². The van der Waals surface area contributed by atoms with Crippen LogP contribution in [0.4, 0.5) is 17.3 Å². The number of nitrogens with one attached hydrogen (secondary N) is 1. The maximum absolute atomic E-state index is 5.72. The molecule has 2 aromatic rings. The quantitative estimate of drug-likeness (QED) is 0.824. The van der Waals surface area contributed by atoms with Crippen molar-refractivity contribution in [2.24, 2.45) is 0 Å². The Labute approximate surface area is 119 Å². The lowest BCUT2D eigenvalue weighted by atomic mass is 10.3. The van der Waals surface area contributed by atoms with Gasteiger partial charge in [0.1, 0.15) is 18.2 Å². The lowest BCUT2D eigenvalue weighted by Crippen LogP contribution is -2.04. The number of hydrogen-bond donors (Lipinski definition) is 2. The van der Waals surface area contributed by atoms with E-state index in [1.54, 1.807) is 13.2 Å². The average molecular weight is 356 g/mol. The van der Waals surface area contributed by atoms with Crippen molar-refractivity contribution in [1.29, 1.82) is 0 Å². The van der Waals surface area contributed by atoms with E-state index in [2.05, 4.69) is 37.9 Å². The molecule has 0 saturated carbocycles. The minimum atomic E-state index is 0.340. The number of ether oxygens (including phenoxy) is 1. The van der Waals surface area contributed by atoms with Gasteiger partial charge in [0.05, 0.1) is 0 Å². The highest BCUT2D eigenvalue weighted by atomic mass is 127. The number of nitrogens with zero attached hydrogens (tertiary/aromatic N) is 2. The molecule has 0 atom stereocenters. The first-order valence-corrected chi connectivity index (χ1v) is 6.40. The first-order chi connectivity index (χ1) is 8.67. The molecule has 6 heteroatoms. The zero-order chi connectivity index (χ0) is 13.0. The molecule has 2 rings (SSSR count). The third-order valence-electron chi connectivity index (χ3n) is 2.18. The van der Waals surface area contributed by atoms with Gasteiger partial charge in [0.2, 0.25) is 0 Å². The normalized spacial score (nSPS) is 10.3. The summed E-state index contributed by atoms with van der Waals surface area (Å²) in [6.45, 7) is 0.340. The summed E-state index contributed by atoms with van der Waals surface area (Å²) >= 11 is 2.26. The van der Waals surface area contributed by atoms with Crippen LogP contribution in [-0.4, -0.2) is 17.1 Å². The predicted molar refractivity (Wildman–Crippen MR) is 79.6 cm³/mol. The summed E-state index contributed by atoms with van der Waals surface area (Å²) < 4.78 is 6.18. The molecule has 0 bridgehead atoms. The Morgan fingerprint density at radius 2 is 2.00 bits per heavy atom. The van der Waals surface area contributed by atoms with E-state index in [1.165, 1.54) is 3.57 Å². The summed E-state index contributed by atoms with van der Waals surface area (Å²) in [4.78, 5) is 8.39. The van der Waals surface area contributed by atoms with Gasteiger partial charge < -0.3 is 15.8 Å². The largest absolute Gasteiger partial charge is 0.384 e. The van der Waals surface area contributed by atoms with Gasteiger partial charge in [-0.2, -0.15) is 0 Å². The molecule has 0 spiro atoms. The minimum Gasteiger partial charge on any atom is -0.384 e. The molecule has 0 radical (unpaired) electrons. The fourth-order valence-electron chi connectivity index (χ4n) is 1.46. The number of rotatable bonds is 4. The highest BCUT2D eigenvalue weighted by molar-refractivity contribution is 14.1. The van der Waals surface area contributed by atoms with Gasteiger partial charge in [0, 0.05) is 22.4 Å². The number of nitrogen functional groups attached to an aromatic ring is 1. The number of halogens is 1. The number of benzene rings is 1. The van der Waals surface area contributed by atoms with Crippen molar-refractivity contribution in [3.8, 4) is 0 Å². The molecular weight excluding hydrogens is 343 g/mol. The van der Waals surface area contributed by atoms with Crippen molar-refractivity contribution >= 4 is 39.9 Å². The van der Waals surface area contributed by atoms with Crippen molar-refractivity contribution in [3.05, 3.63) is 39.7 Å². The van der Waals surface area contributed by atoms with E-state index in [0.717, 1.165) is 5.69 Å². The topological polar surface area (TPSA) is 73.1 Å². The Kier molecular flexibility index (Phi) is 4.32. The highest BCUT2D eigenvalue weighted by Crippen LogP contribution is 2.17. The number of methoxy groups -OCH3 is 1. The van der Waals surface area contributed by atoms with Crippen LogP contribution >= 0.6 is 22.6 Å². The first kappa shape index (κ1) is 13.0. The number of aromatic nitrogens is 2. The molecule has 0 saturated heterocycles. The standard InChI is InChI=1S/C12H13IN4O/c1-18-7-12-16-10(14)6-11(17-12)15-9-4-2-8(13)3-5-9/h2-6H,7H2,1H3,(H3,14,15,16,17). The lowest BCUT2D eigenvalue weighted by molar-refractivity contribution is 0.178. The second-order valence-electron chi connectivity index (χ2n) is 3.66. The summed E-state index contributed by atoms with van der Waals surface area (Å²) in [6.07, 6.45) is 0. The zero-order valence-electron chi connectivity index (χ0n) is 9.85. The smallest absolute Gasteiger partial charge is 0.158 e. The SMILES string of the molecule is COCc1nc(N)cc(Nc2ccc(I)cc2)n1. The molecule has 1 aromatic heterocycles. The van der Waals surface area contributed by atoms with Crippen molar-refractivity contribution in [1.82, 2.24) is 9.97 Å². The molecule has 0 aliphatic rings. The summed E-state index contributed by atoms with van der Waals surface area (Å²) in [7, 11) is 1.60. The van der Waals surface area contributed by atoms with Crippen molar-refractivity contribution in [2.75, 3.05) is 18.2 Å². The zero-order valence-corrected chi connectivity index (χ0v) is 12.0. The molecule has 1 aromatic carbocycles. The van der Waals surface area contributed by atoms with E-state index in [1.807, 2.05) is 24.3 Å². The van der Waals surface area contributed by atoms with E-state index < -0.39 is 0 Å². The van der Waals surface area contributed by atoms with Crippen LogP contribution in [0.1, 0.15) is 5.82 Å². The Bertz CT molecular complexity index is 530. The molecule has 1 heterocycles. The minimum absolute atomic E-state index is 0.340. The number of nitrogens with two attached hydrogens (primary N) is 1. The molecule has 5 nitrogen and oxygen atoms in total. The molecule has 3 N–H and O–H groups in total. The van der Waals surface area contributed by atoms with Crippen molar-refractivity contribution < 1.29 is 4.74 Å². The number of anilines is 3. The van der Waals surface area contributed by atoms with E-state index >= 15 is 0 Å². The average Bonchev–Trinajstić information content (AvgIpc) is 2.32. The van der Waals surface area contributed by atoms with Gasteiger partial charge in [-0.15, -0.1) is 0 Å². The van der Waals surface area contributed by atoms with E-state index in [0.29, 0.717) is 24.1 Å². The van der Waals surface area contributed by atoms with Gasteiger partial charge in [0.25, 0.3) is 0 Å². The summed E-state index contributed by atoms with van der Waals surface area (Å²) in [5.74, 6) is 1.64. The highest BCUT2D eigenvalue weighted by Gasteiger charge is 2.03. The van der Waals surface area contributed by atoms with Gasteiger partial charge in [-0.25, -0.2) is 9.97 Å². The Hall–Kier alpha value is -1.41. The van der Waals surface area contributed by atoms with Gasteiger partial charge in [-0.3, -0.25) is 0 Å². The summed E-state index contributed by atoms with van der Waals surface area (Å²) in [6, 6.07) is 9.69. The maximum Gasteiger partial charge on any atom is 0.158 e. The predicted octanol–water partition coefficient (Wildman–Crippen LogP) is 2.55. The van der Waals surface area contributed by atoms with Crippen molar-refractivity contribution in [2.45, 2.75) is 6.61 Å². The molecule has 0 amide bonds. The van der Waals surface area contributed by atoms with Crippen LogP contribution in [0, 0.1) is 3.57 Å².